The number of nitrogens with one attached hydrogen (secondary N) is 2. The zero-order valence-electron chi connectivity index (χ0n) is 10.1. The molecule has 0 aromatic carbocycles. The van der Waals surface area contributed by atoms with Crippen molar-refractivity contribution in [1.29, 1.82) is 0 Å². The molecule has 1 aromatic rings. The van der Waals surface area contributed by atoms with Crippen molar-refractivity contribution in [3.05, 3.63) is 23.7 Å². The third-order valence-corrected chi connectivity index (χ3v) is 3.05. The van der Waals surface area contributed by atoms with E-state index in [4.69, 9.17) is 16.6 Å². The second-order valence-corrected chi connectivity index (χ2v) is 4.70. The molecule has 2 N–H and O–H groups in total. The topological polar surface area (TPSA) is 49.6 Å². The van der Waals surface area contributed by atoms with E-state index in [0.29, 0.717) is 11.0 Å². The van der Waals surface area contributed by atoms with E-state index in [2.05, 4.69) is 22.8 Å². The van der Waals surface area contributed by atoms with Crippen LogP contribution in [0.15, 0.2) is 21.7 Å². The second kappa shape index (κ2) is 5.31. The maximum absolute atomic E-state index is 5.67. The molecule has 1 aliphatic carbocycles. The SMILES string of the molecule is CCNC(=S)N/N=C\c1ccc([C@H]2C[C@@H]2C)o1. The Hall–Kier alpha value is -1.36. The molecule has 5 heteroatoms. The van der Waals surface area contributed by atoms with E-state index in [1.54, 1.807) is 6.21 Å². The highest BCUT2D eigenvalue weighted by molar-refractivity contribution is 7.80. The highest BCUT2D eigenvalue weighted by Crippen LogP contribution is 2.47. The largest absolute Gasteiger partial charge is 0.460 e. The van der Waals surface area contributed by atoms with E-state index in [1.165, 1.54) is 6.42 Å². The standard InChI is InChI=1S/C12H17N3OS/c1-3-13-12(17)15-14-7-9-4-5-11(16-9)10-6-8(10)2/h4-5,7-8,10H,3,6H2,1-2H3,(H2,13,15,17)/b14-7-/t8-,10-/m0/s1. The molecule has 0 spiro atoms. The van der Waals surface area contributed by atoms with Crippen molar-refractivity contribution in [2.45, 2.75) is 26.2 Å². The molecule has 1 aromatic heterocycles. The van der Waals surface area contributed by atoms with Crippen LogP contribution in [0, 0.1) is 5.92 Å². The van der Waals surface area contributed by atoms with Gasteiger partial charge in [-0.1, -0.05) is 6.92 Å². The lowest BCUT2D eigenvalue weighted by atomic mass is 10.3. The number of hydrogen-bond donors (Lipinski definition) is 2. The monoisotopic (exact) mass is 251 g/mol. The molecule has 0 saturated heterocycles. The van der Waals surface area contributed by atoms with E-state index in [-0.39, 0.29) is 0 Å². The summed E-state index contributed by atoms with van der Waals surface area (Å²) in [5.41, 5.74) is 2.72. The first-order valence-electron chi connectivity index (χ1n) is 5.87. The summed E-state index contributed by atoms with van der Waals surface area (Å²) >= 11 is 4.97. The van der Waals surface area contributed by atoms with Crippen LogP contribution in [-0.2, 0) is 0 Å². The summed E-state index contributed by atoms with van der Waals surface area (Å²) in [6.07, 6.45) is 2.87. The van der Waals surface area contributed by atoms with Crippen LogP contribution in [0.3, 0.4) is 0 Å². The quantitative estimate of drug-likeness (QED) is 0.489. The number of furan rings is 1. The number of thiocarbonyl (C=S) groups is 1. The first-order valence-corrected chi connectivity index (χ1v) is 6.28. The first kappa shape index (κ1) is 12.1. The first-order chi connectivity index (χ1) is 8.20. The number of hydrazone groups is 1. The van der Waals surface area contributed by atoms with Gasteiger partial charge in [-0.2, -0.15) is 5.10 Å². The Bertz CT molecular complexity index is 427. The molecule has 17 heavy (non-hydrogen) atoms. The lowest BCUT2D eigenvalue weighted by molar-refractivity contribution is 0.500. The molecular weight excluding hydrogens is 234 g/mol. The van der Waals surface area contributed by atoms with Gasteiger partial charge in [0.05, 0.1) is 6.21 Å². The zero-order chi connectivity index (χ0) is 12.3. The van der Waals surface area contributed by atoms with Crippen LogP contribution < -0.4 is 10.7 Å². The Kier molecular flexibility index (Phi) is 3.78. The molecule has 2 atom stereocenters. The molecule has 0 amide bonds. The molecule has 92 valence electrons. The molecule has 2 rings (SSSR count). The van der Waals surface area contributed by atoms with Crippen molar-refractivity contribution in [2.24, 2.45) is 11.0 Å². The second-order valence-electron chi connectivity index (χ2n) is 4.29. The molecule has 1 saturated carbocycles. The van der Waals surface area contributed by atoms with Gasteiger partial charge in [-0.3, -0.25) is 5.43 Å². The molecule has 0 bridgehead atoms. The fourth-order valence-electron chi connectivity index (χ4n) is 1.71. The van der Waals surface area contributed by atoms with E-state index in [1.807, 2.05) is 19.1 Å². The van der Waals surface area contributed by atoms with Crippen molar-refractivity contribution in [2.75, 3.05) is 6.54 Å². The predicted molar refractivity (Wildman–Crippen MR) is 72.2 cm³/mol. The lowest BCUT2D eigenvalue weighted by Crippen LogP contribution is -2.31. The molecule has 4 nitrogen and oxygen atoms in total. The number of nitrogens with zero attached hydrogens (tertiary/aromatic N) is 1. The Labute approximate surface area is 106 Å². The van der Waals surface area contributed by atoms with Crippen LogP contribution in [0.1, 0.15) is 37.7 Å². The van der Waals surface area contributed by atoms with Gasteiger partial charge in [0, 0.05) is 12.5 Å². The molecule has 0 radical (unpaired) electrons. The molecule has 0 unspecified atom stereocenters. The minimum absolute atomic E-state index is 0.520. The predicted octanol–water partition coefficient (Wildman–Crippen LogP) is 2.22. The van der Waals surface area contributed by atoms with E-state index in [9.17, 15) is 0 Å². The van der Waals surface area contributed by atoms with Crippen molar-refractivity contribution in [3.63, 3.8) is 0 Å². The van der Waals surface area contributed by atoms with Crippen molar-refractivity contribution >= 4 is 23.5 Å². The zero-order valence-corrected chi connectivity index (χ0v) is 10.9. The van der Waals surface area contributed by atoms with Crippen molar-refractivity contribution < 1.29 is 4.42 Å². The molecule has 0 aliphatic heterocycles. The van der Waals surface area contributed by atoms with Crippen LogP contribution in [0.2, 0.25) is 0 Å². The van der Waals surface area contributed by atoms with E-state index in [0.717, 1.165) is 24.0 Å². The average Bonchev–Trinajstić information content (AvgIpc) is 2.84. The van der Waals surface area contributed by atoms with Gasteiger partial charge in [0.2, 0.25) is 0 Å². The Morgan fingerprint density at radius 3 is 3.06 bits per heavy atom. The van der Waals surface area contributed by atoms with Crippen LogP contribution in [0.25, 0.3) is 0 Å². The Morgan fingerprint density at radius 2 is 2.41 bits per heavy atom. The molecular formula is C12H17N3OS. The fraction of sp³-hybridized carbons (Fsp3) is 0.500. The summed E-state index contributed by atoms with van der Waals surface area (Å²) in [6.45, 7) is 5.00. The van der Waals surface area contributed by atoms with Crippen LogP contribution in [0.4, 0.5) is 0 Å². The summed E-state index contributed by atoms with van der Waals surface area (Å²) in [5.74, 6) is 3.18. The van der Waals surface area contributed by atoms with Crippen molar-refractivity contribution in [3.8, 4) is 0 Å². The van der Waals surface area contributed by atoms with Crippen molar-refractivity contribution in [1.82, 2.24) is 10.7 Å². The maximum Gasteiger partial charge on any atom is 0.186 e. The number of hydrogen-bond acceptors (Lipinski definition) is 3. The van der Waals surface area contributed by atoms with Crippen LogP contribution in [0.5, 0.6) is 0 Å². The molecule has 1 fully saturated rings. The highest BCUT2D eigenvalue weighted by Gasteiger charge is 2.36. The summed E-state index contributed by atoms with van der Waals surface area (Å²) in [5, 5.41) is 7.47. The average molecular weight is 251 g/mol. The van der Waals surface area contributed by atoms with Gasteiger partial charge in [-0.15, -0.1) is 0 Å². The Balaban J connectivity index is 1.84. The third-order valence-electron chi connectivity index (χ3n) is 2.82. The smallest absolute Gasteiger partial charge is 0.186 e. The Morgan fingerprint density at radius 1 is 1.65 bits per heavy atom. The normalized spacial score (nSPS) is 22.7. The van der Waals surface area contributed by atoms with E-state index >= 15 is 0 Å². The summed E-state index contributed by atoms with van der Waals surface area (Å²) in [7, 11) is 0. The van der Waals surface area contributed by atoms with Crippen LogP contribution >= 0.6 is 12.2 Å². The van der Waals surface area contributed by atoms with Gasteiger partial charge < -0.3 is 9.73 Å². The van der Waals surface area contributed by atoms with Crippen LogP contribution in [-0.4, -0.2) is 17.9 Å². The summed E-state index contributed by atoms with van der Waals surface area (Å²) < 4.78 is 5.67. The number of rotatable bonds is 4. The molecule has 1 heterocycles. The summed E-state index contributed by atoms with van der Waals surface area (Å²) in [4.78, 5) is 0. The fourth-order valence-corrected chi connectivity index (χ4v) is 1.91. The van der Waals surface area contributed by atoms with Gasteiger partial charge >= 0.3 is 0 Å². The van der Waals surface area contributed by atoms with Gasteiger partial charge in [-0.05, 0) is 43.6 Å². The van der Waals surface area contributed by atoms with Gasteiger partial charge in [0.25, 0.3) is 0 Å². The van der Waals surface area contributed by atoms with Gasteiger partial charge in [0.1, 0.15) is 11.5 Å². The maximum atomic E-state index is 5.67. The summed E-state index contributed by atoms with van der Waals surface area (Å²) in [6, 6.07) is 3.96. The minimum Gasteiger partial charge on any atom is -0.460 e. The van der Waals surface area contributed by atoms with Gasteiger partial charge in [0.15, 0.2) is 5.11 Å². The lowest BCUT2D eigenvalue weighted by Gasteiger charge is -2.01. The third kappa shape index (κ3) is 3.30. The van der Waals surface area contributed by atoms with Gasteiger partial charge in [-0.25, -0.2) is 0 Å². The molecule has 1 aliphatic rings. The minimum atomic E-state index is 0.520. The van der Waals surface area contributed by atoms with E-state index < -0.39 is 0 Å². The highest BCUT2D eigenvalue weighted by atomic mass is 32.1.